The first-order valence-corrected chi connectivity index (χ1v) is 7.44. The van der Waals surface area contributed by atoms with Crippen molar-refractivity contribution in [1.82, 2.24) is 5.32 Å². The lowest BCUT2D eigenvalue weighted by atomic mass is 9.85. The predicted molar refractivity (Wildman–Crippen MR) is 79.0 cm³/mol. The number of hydrogen-bond acceptors (Lipinski definition) is 1. The van der Waals surface area contributed by atoms with Crippen LogP contribution in [0.1, 0.15) is 60.9 Å². The maximum Gasteiger partial charge on any atom is 0.0353 e. The molecule has 0 aromatic heterocycles. The van der Waals surface area contributed by atoms with Crippen LogP contribution in [-0.4, -0.2) is 6.54 Å². The van der Waals surface area contributed by atoms with Crippen LogP contribution >= 0.6 is 0 Å². The zero-order valence-electron chi connectivity index (χ0n) is 12.3. The van der Waals surface area contributed by atoms with Crippen LogP contribution in [0.5, 0.6) is 0 Å². The maximum atomic E-state index is 3.74. The van der Waals surface area contributed by atoms with Gasteiger partial charge in [0.1, 0.15) is 0 Å². The van der Waals surface area contributed by atoms with Gasteiger partial charge in [0.05, 0.1) is 0 Å². The van der Waals surface area contributed by atoms with E-state index in [0.29, 0.717) is 6.04 Å². The minimum absolute atomic E-state index is 0.568. The second-order valence-electron chi connectivity index (χ2n) is 5.89. The molecule has 1 heteroatoms. The van der Waals surface area contributed by atoms with Crippen LogP contribution in [0.15, 0.2) is 12.1 Å². The smallest absolute Gasteiger partial charge is 0.0353 e. The molecule has 1 fully saturated rings. The molecule has 1 nitrogen and oxygen atoms in total. The summed E-state index contributed by atoms with van der Waals surface area (Å²) < 4.78 is 0. The van der Waals surface area contributed by atoms with Gasteiger partial charge >= 0.3 is 0 Å². The van der Waals surface area contributed by atoms with Crippen molar-refractivity contribution < 1.29 is 0 Å². The summed E-state index contributed by atoms with van der Waals surface area (Å²) in [5.74, 6) is 0.838. The fourth-order valence-electron chi connectivity index (χ4n) is 3.70. The van der Waals surface area contributed by atoms with E-state index in [1.807, 2.05) is 0 Å². The minimum Gasteiger partial charge on any atom is -0.310 e. The van der Waals surface area contributed by atoms with E-state index >= 15 is 0 Å². The average molecular weight is 245 g/mol. The third-order valence-corrected chi connectivity index (χ3v) is 4.34. The highest BCUT2D eigenvalue weighted by molar-refractivity contribution is 5.40. The lowest BCUT2D eigenvalue weighted by molar-refractivity contribution is 0.372. The average Bonchev–Trinajstić information content (AvgIpc) is 2.79. The molecule has 18 heavy (non-hydrogen) atoms. The lowest BCUT2D eigenvalue weighted by Gasteiger charge is -2.28. The van der Waals surface area contributed by atoms with Gasteiger partial charge in [-0.2, -0.15) is 0 Å². The Balaban J connectivity index is 2.35. The molecule has 0 heterocycles. The van der Waals surface area contributed by atoms with Crippen molar-refractivity contribution in [1.29, 1.82) is 0 Å². The summed E-state index contributed by atoms with van der Waals surface area (Å²) in [4.78, 5) is 0. The molecule has 0 saturated heterocycles. The van der Waals surface area contributed by atoms with E-state index in [-0.39, 0.29) is 0 Å². The predicted octanol–water partition coefficient (Wildman–Crippen LogP) is 4.45. The molecule has 0 bridgehead atoms. The van der Waals surface area contributed by atoms with Gasteiger partial charge in [-0.25, -0.2) is 0 Å². The van der Waals surface area contributed by atoms with Crippen LogP contribution in [0.4, 0.5) is 0 Å². The molecule has 2 rings (SSSR count). The first-order valence-electron chi connectivity index (χ1n) is 7.44. The van der Waals surface area contributed by atoms with Crippen molar-refractivity contribution in [3.63, 3.8) is 0 Å². The molecule has 0 aliphatic heterocycles. The van der Waals surface area contributed by atoms with E-state index in [4.69, 9.17) is 0 Å². The van der Waals surface area contributed by atoms with Crippen LogP contribution < -0.4 is 5.32 Å². The highest BCUT2D eigenvalue weighted by Gasteiger charge is 2.27. The van der Waals surface area contributed by atoms with Gasteiger partial charge in [-0.3, -0.25) is 0 Å². The van der Waals surface area contributed by atoms with Crippen molar-refractivity contribution in [2.24, 2.45) is 5.92 Å². The van der Waals surface area contributed by atoms with Crippen molar-refractivity contribution in [2.45, 2.75) is 59.4 Å². The second kappa shape index (κ2) is 5.88. The highest BCUT2D eigenvalue weighted by Crippen LogP contribution is 2.38. The van der Waals surface area contributed by atoms with E-state index in [9.17, 15) is 0 Å². The summed E-state index contributed by atoms with van der Waals surface area (Å²) in [6, 6.07) is 5.24. The Kier molecular flexibility index (Phi) is 4.45. The number of benzene rings is 1. The molecule has 1 aliphatic rings. The van der Waals surface area contributed by atoms with Gasteiger partial charge in [0.15, 0.2) is 0 Å². The standard InChI is InChI=1S/C17H27N/c1-5-18-17(15-8-6-7-9-15)16-13(3)10-12(2)11-14(16)4/h10-11,15,17-18H,5-9H2,1-4H3. The first-order chi connectivity index (χ1) is 8.63. The summed E-state index contributed by atoms with van der Waals surface area (Å²) in [6.07, 6.45) is 5.61. The van der Waals surface area contributed by atoms with Gasteiger partial charge in [0, 0.05) is 6.04 Å². The van der Waals surface area contributed by atoms with Crippen LogP contribution in [-0.2, 0) is 0 Å². The summed E-state index contributed by atoms with van der Waals surface area (Å²) >= 11 is 0. The molecule has 1 unspecified atom stereocenters. The normalized spacial score (nSPS) is 18.2. The Bertz CT molecular complexity index is 379. The Morgan fingerprint density at radius 2 is 1.67 bits per heavy atom. The molecule has 0 spiro atoms. The molecule has 0 amide bonds. The zero-order chi connectivity index (χ0) is 13.1. The van der Waals surface area contributed by atoms with Gasteiger partial charge < -0.3 is 5.32 Å². The topological polar surface area (TPSA) is 12.0 Å². The number of nitrogens with one attached hydrogen (secondary N) is 1. The molecule has 1 aromatic carbocycles. The van der Waals surface area contributed by atoms with Gasteiger partial charge in [-0.15, -0.1) is 0 Å². The molecule has 1 aliphatic carbocycles. The third kappa shape index (κ3) is 2.77. The molecule has 100 valence electrons. The largest absolute Gasteiger partial charge is 0.310 e. The molecular weight excluding hydrogens is 218 g/mol. The minimum atomic E-state index is 0.568. The lowest BCUT2D eigenvalue weighted by Crippen LogP contribution is -2.28. The van der Waals surface area contributed by atoms with Crippen LogP contribution in [0, 0.1) is 26.7 Å². The van der Waals surface area contributed by atoms with E-state index in [2.05, 4.69) is 45.1 Å². The van der Waals surface area contributed by atoms with E-state index in [1.54, 1.807) is 5.56 Å². The number of hydrogen-bond donors (Lipinski definition) is 1. The quantitative estimate of drug-likeness (QED) is 0.826. The van der Waals surface area contributed by atoms with Gasteiger partial charge in [-0.1, -0.05) is 37.5 Å². The number of rotatable bonds is 4. The first kappa shape index (κ1) is 13.6. The van der Waals surface area contributed by atoms with Crippen LogP contribution in [0.25, 0.3) is 0 Å². The van der Waals surface area contributed by atoms with Gasteiger partial charge in [-0.05, 0) is 62.8 Å². The van der Waals surface area contributed by atoms with E-state index in [1.165, 1.54) is 42.4 Å². The summed E-state index contributed by atoms with van der Waals surface area (Å²) in [5, 5.41) is 3.74. The van der Waals surface area contributed by atoms with Crippen LogP contribution in [0.3, 0.4) is 0 Å². The van der Waals surface area contributed by atoms with Crippen molar-refractivity contribution >= 4 is 0 Å². The van der Waals surface area contributed by atoms with Gasteiger partial charge in [0.2, 0.25) is 0 Å². The highest BCUT2D eigenvalue weighted by atomic mass is 14.9. The van der Waals surface area contributed by atoms with Crippen molar-refractivity contribution in [3.8, 4) is 0 Å². The van der Waals surface area contributed by atoms with Gasteiger partial charge in [0.25, 0.3) is 0 Å². The Labute approximate surface area is 112 Å². The second-order valence-corrected chi connectivity index (χ2v) is 5.89. The zero-order valence-corrected chi connectivity index (χ0v) is 12.3. The Morgan fingerprint density at radius 1 is 1.11 bits per heavy atom. The molecule has 1 atom stereocenters. The molecule has 1 aromatic rings. The summed E-state index contributed by atoms with van der Waals surface area (Å²) in [7, 11) is 0. The van der Waals surface area contributed by atoms with Crippen molar-refractivity contribution in [2.75, 3.05) is 6.54 Å². The molecule has 1 saturated carbocycles. The maximum absolute atomic E-state index is 3.74. The fraction of sp³-hybridized carbons (Fsp3) is 0.647. The Morgan fingerprint density at radius 3 is 2.17 bits per heavy atom. The monoisotopic (exact) mass is 245 g/mol. The van der Waals surface area contributed by atoms with E-state index in [0.717, 1.165) is 12.5 Å². The molecule has 0 radical (unpaired) electrons. The third-order valence-electron chi connectivity index (χ3n) is 4.34. The summed E-state index contributed by atoms with van der Waals surface area (Å²) in [6.45, 7) is 10.0. The molecule has 1 N–H and O–H groups in total. The van der Waals surface area contributed by atoms with Crippen LogP contribution in [0.2, 0.25) is 0 Å². The molecular formula is C17H27N. The number of aryl methyl sites for hydroxylation is 3. The van der Waals surface area contributed by atoms with E-state index < -0.39 is 0 Å². The SMILES string of the molecule is CCNC(c1c(C)cc(C)cc1C)C1CCCC1. The fourth-order valence-corrected chi connectivity index (χ4v) is 3.70. The summed E-state index contributed by atoms with van der Waals surface area (Å²) in [5.41, 5.74) is 5.88. The van der Waals surface area contributed by atoms with Crippen molar-refractivity contribution in [3.05, 3.63) is 34.4 Å². The Hall–Kier alpha value is -0.820.